The molecule has 1 aliphatic heterocycles. The fourth-order valence-electron chi connectivity index (χ4n) is 2.35. The maximum atomic E-state index is 11.8. The molecule has 3 nitrogen and oxygen atoms in total. The van der Waals surface area contributed by atoms with E-state index in [1.807, 2.05) is 20.8 Å². The minimum Gasteiger partial charge on any atom is -0.444 e. The fraction of sp³-hybridized carbons (Fsp3) is 0.562. The third-order valence-corrected chi connectivity index (χ3v) is 3.22. The van der Waals surface area contributed by atoms with Crippen molar-refractivity contribution in [3.8, 4) is 0 Å². The third kappa shape index (κ3) is 3.98. The maximum Gasteiger partial charge on any atom is 0.410 e. The van der Waals surface area contributed by atoms with Crippen molar-refractivity contribution in [1.82, 2.24) is 4.90 Å². The summed E-state index contributed by atoms with van der Waals surface area (Å²) in [4.78, 5) is 13.6. The molecular weight excluding hydrogens is 238 g/mol. The van der Waals surface area contributed by atoms with Crippen LogP contribution in [0.25, 0.3) is 0 Å². The third-order valence-electron chi connectivity index (χ3n) is 3.22. The maximum absolute atomic E-state index is 11.8. The summed E-state index contributed by atoms with van der Waals surface area (Å²) in [5, 5.41) is 0. The first-order valence-corrected chi connectivity index (χ1v) is 6.87. The fourth-order valence-corrected chi connectivity index (χ4v) is 2.35. The van der Waals surface area contributed by atoms with Gasteiger partial charge in [-0.1, -0.05) is 29.8 Å². The number of carbonyl (C=O) groups is 1. The molecule has 0 unspecified atom stereocenters. The molecule has 0 saturated carbocycles. The van der Waals surface area contributed by atoms with Crippen LogP contribution in [-0.2, 0) is 11.2 Å². The summed E-state index contributed by atoms with van der Waals surface area (Å²) in [5.74, 6) is 0.564. The Labute approximate surface area is 115 Å². The number of hydrogen-bond donors (Lipinski definition) is 0. The molecule has 0 aromatic heterocycles. The van der Waals surface area contributed by atoms with Crippen LogP contribution in [0.15, 0.2) is 24.3 Å². The SMILES string of the molecule is Cc1cccc(CC2CN(C(=O)OC(C)(C)C)C2)c1. The number of rotatable bonds is 2. The Hall–Kier alpha value is -1.51. The van der Waals surface area contributed by atoms with Gasteiger partial charge in [-0.3, -0.25) is 0 Å². The van der Waals surface area contributed by atoms with E-state index in [4.69, 9.17) is 4.74 Å². The number of nitrogens with zero attached hydrogens (tertiary/aromatic N) is 1. The van der Waals surface area contributed by atoms with Gasteiger partial charge >= 0.3 is 6.09 Å². The van der Waals surface area contributed by atoms with Crippen molar-refractivity contribution in [2.75, 3.05) is 13.1 Å². The van der Waals surface area contributed by atoms with Gasteiger partial charge in [-0.2, -0.15) is 0 Å². The van der Waals surface area contributed by atoms with E-state index in [-0.39, 0.29) is 6.09 Å². The van der Waals surface area contributed by atoms with Gasteiger partial charge in [0.05, 0.1) is 0 Å². The number of aryl methyl sites for hydroxylation is 1. The molecule has 1 aromatic rings. The van der Waals surface area contributed by atoms with Crippen LogP contribution in [-0.4, -0.2) is 29.7 Å². The average molecular weight is 261 g/mol. The van der Waals surface area contributed by atoms with Gasteiger partial charge in [0, 0.05) is 13.1 Å². The minimum absolute atomic E-state index is 0.187. The van der Waals surface area contributed by atoms with E-state index in [1.54, 1.807) is 4.90 Å². The predicted octanol–water partition coefficient (Wildman–Crippen LogP) is 3.40. The normalized spacial score (nSPS) is 16.1. The molecule has 3 heteroatoms. The Balaban J connectivity index is 1.79. The first kappa shape index (κ1) is 13.9. The standard InChI is InChI=1S/C16H23NO2/c1-12-6-5-7-13(8-12)9-14-10-17(11-14)15(18)19-16(2,3)4/h5-8,14H,9-11H2,1-4H3. The van der Waals surface area contributed by atoms with Gasteiger partial charge in [-0.15, -0.1) is 0 Å². The first-order valence-electron chi connectivity index (χ1n) is 6.87. The van der Waals surface area contributed by atoms with E-state index in [0.29, 0.717) is 5.92 Å². The van der Waals surface area contributed by atoms with Crippen LogP contribution in [0.2, 0.25) is 0 Å². The van der Waals surface area contributed by atoms with Gasteiger partial charge in [-0.25, -0.2) is 4.79 Å². The zero-order valence-electron chi connectivity index (χ0n) is 12.3. The number of likely N-dealkylation sites (tertiary alicyclic amines) is 1. The van der Waals surface area contributed by atoms with Gasteiger partial charge in [0.2, 0.25) is 0 Å². The lowest BCUT2D eigenvalue weighted by molar-refractivity contribution is -0.000880. The zero-order chi connectivity index (χ0) is 14.0. The predicted molar refractivity (Wildman–Crippen MR) is 76.2 cm³/mol. The van der Waals surface area contributed by atoms with E-state index >= 15 is 0 Å². The van der Waals surface area contributed by atoms with Crippen LogP contribution < -0.4 is 0 Å². The number of ether oxygens (including phenoxy) is 1. The molecule has 0 spiro atoms. The summed E-state index contributed by atoms with van der Waals surface area (Å²) in [6.07, 6.45) is 0.856. The van der Waals surface area contributed by atoms with Crippen LogP contribution in [0.4, 0.5) is 4.79 Å². The van der Waals surface area contributed by atoms with Gasteiger partial charge in [0.15, 0.2) is 0 Å². The molecule has 1 heterocycles. The highest BCUT2D eigenvalue weighted by atomic mass is 16.6. The van der Waals surface area contributed by atoms with Crippen molar-refractivity contribution in [3.05, 3.63) is 35.4 Å². The van der Waals surface area contributed by atoms with E-state index < -0.39 is 5.60 Å². The molecular formula is C16H23NO2. The van der Waals surface area contributed by atoms with E-state index in [2.05, 4.69) is 31.2 Å². The van der Waals surface area contributed by atoms with Gasteiger partial charge < -0.3 is 9.64 Å². The van der Waals surface area contributed by atoms with Crippen LogP contribution in [0, 0.1) is 12.8 Å². The summed E-state index contributed by atoms with van der Waals surface area (Å²) in [7, 11) is 0. The Morgan fingerprint density at radius 3 is 2.63 bits per heavy atom. The lowest BCUT2D eigenvalue weighted by Gasteiger charge is -2.40. The Morgan fingerprint density at radius 2 is 2.05 bits per heavy atom. The Morgan fingerprint density at radius 1 is 1.37 bits per heavy atom. The quantitative estimate of drug-likeness (QED) is 0.816. The van der Waals surface area contributed by atoms with Crippen molar-refractivity contribution in [2.45, 2.75) is 39.7 Å². The molecule has 1 saturated heterocycles. The summed E-state index contributed by atoms with van der Waals surface area (Å²) in [6, 6.07) is 8.57. The van der Waals surface area contributed by atoms with Crippen molar-refractivity contribution in [3.63, 3.8) is 0 Å². The summed E-state index contributed by atoms with van der Waals surface area (Å²) in [6.45, 7) is 9.42. The molecule has 0 bridgehead atoms. The number of amides is 1. The second-order valence-corrected chi connectivity index (χ2v) is 6.44. The molecule has 1 aromatic carbocycles. The minimum atomic E-state index is -0.404. The summed E-state index contributed by atoms with van der Waals surface area (Å²) >= 11 is 0. The van der Waals surface area contributed by atoms with Crippen molar-refractivity contribution >= 4 is 6.09 Å². The van der Waals surface area contributed by atoms with Crippen molar-refractivity contribution in [2.24, 2.45) is 5.92 Å². The molecule has 0 atom stereocenters. The largest absolute Gasteiger partial charge is 0.444 e. The van der Waals surface area contributed by atoms with Crippen LogP contribution in [0.3, 0.4) is 0 Å². The van der Waals surface area contributed by atoms with Crippen LogP contribution in [0.5, 0.6) is 0 Å². The van der Waals surface area contributed by atoms with Crippen molar-refractivity contribution < 1.29 is 9.53 Å². The molecule has 0 N–H and O–H groups in total. The molecule has 19 heavy (non-hydrogen) atoms. The van der Waals surface area contributed by atoms with Crippen molar-refractivity contribution in [1.29, 1.82) is 0 Å². The van der Waals surface area contributed by atoms with E-state index in [9.17, 15) is 4.79 Å². The molecule has 1 fully saturated rings. The van der Waals surface area contributed by atoms with Gasteiger partial charge in [0.1, 0.15) is 5.60 Å². The number of hydrogen-bond acceptors (Lipinski definition) is 2. The number of carbonyl (C=O) groups excluding carboxylic acids is 1. The summed E-state index contributed by atoms with van der Waals surface area (Å²) < 4.78 is 5.35. The number of benzene rings is 1. The second kappa shape index (κ2) is 5.24. The Kier molecular flexibility index (Phi) is 3.83. The highest BCUT2D eigenvalue weighted by molar-refractivity contribution is 5.69. The molecule has 104 valence electrons. The van der Waals surface area contributed by atoms with Gasteiger partial charge in [0.25, 0.3) is 0 Å². The monoisotopic (exact) mass is 261 g/mol. The molecule has 0 radical (unpaired) electrons. The highest BCUT2D eigenvalue weighted by Gasteiger charge is 2.33. The average Bonchev–Trinajstić information content (AvgIpc) is 2.20. The van der Waals surface area contributed by atoms with Crippen LogP contribution >= 0.6 is 0 Å². The lowest BCUT2D eigenvalue weighted by Crippen LogP contribution is -2.52. The summed E-state index contributed by atoms with van der Waals surface area (Å²) in [5.41, 5.74) is 2.24. The molecule has 2 rings (SSSR count). The first-order chi connectivity index (χ1) is 8.83. The smallest absolute Gasteiger partial charge is 0.410 e. The van der Waals surface area contributed by atoms with E-state index in [1.165, 1.54) is 11.1 Å². The topological polar surface area (TPSA) is 29.5 Å². The molecule has 1 amide bonds. The second-order valence-electron chi connectivity index (χ2n) is 6.44. The highest BCUT2D eigenvalue weighted by Crippen LogP contribution is 2.23. The van der Waals surface area contributed by atoms with Gasteiger partial charge in [-0.05, 0) is 45.6 Å². The molecule has 1 aliphatic rings. The zero-order valence-corrected chi connectivity index (χ0v) is 12.3. The Bertz CT molecular complexity index is 456. The van der Waals surface area contributed by atoms with E-state index in [0.717, 1.165) is 19.5 Å². The van der Waals surface area contributed by atoms with Crippen LogP contribution in [0.1, 0.15) is 31.9 Å². The lowest BCUT2D eigenvalue weighted by atomic mass is 9.92. The molecule has 0 aliphatic carbocycles.